The second-order valence-corrected chi connectivity index (χ2v) is 14.3. The third-order valence-corrected chi connectivity index (χ3v) is 9.44. The van der Waals surface area contributed by atoms with Gasteiger partial charge in [-0.1, -0.05) is 10.7 Å². The van der Waals surface area contributed by atoms with Crippen molar-refractivity contribution in [2.24, 2.45) is 11.1 Å². The molecule has 1 aromatic rings. The van der Waals surface area contributed by atoms with Crippen LogP contribution in [-0.2, 0) is 53.8 Å². The van der Waals surface area contributed by atoms with E-state index in [1.54, 1.807) is 40.7 Å². The van der Waals surface area contributed by atoms with Crippen LogP contribution in [0.2, 0.25) is 0 Å². The lowest BCUT2D eigenvalue weighted by Gasteiger charge is -2.56. The van der Waals surface area contributed by atoms with Crippen molar-refractivity contribution in [1.29, 1.82) is 0 Å². The summed E-state index contributed by atoms with van der Waals surface area (Å²) in [5.74, 6) is -4.66. The Morgan fingerprint density at radius 2 is 1.96 bits per heavy atom. The number of alkyl carbamates (subject to hydrolysis) is 1. The molecule has 18 nitrogen and oxygen atoms in total. The van der Waals surface area contributed by atoms with E-state index >= 15 is 0 Å². The molecule has 5 atom stereocenters. The molecule has 0 unspecified atom stereocenters. The number of rotatable bonds is 11. The van der Waals surface area contributed by atoms with E-state index in [1.807, 2.05) is 0 Å². The highest BCUT2D eigenvalue weighted by Crippen LogP contribution is 2.48. The number of carbonyl (C=O) groups is 6. The van der Waals surface area contributed by atoms with Crippen molar-refractivity contribution >= 4 is 68.9 Å². The molecule has 0 radical (unpaired) electrons. The van der Waals surface area contributed by atoms with E-state index in [0.29, 0.717) is 0 Å². The Morgan fingerprint density at radius 3 is 2.62 bits per heavy atom. The van der Waals surface area contributed by atoms with E-state index in [-0.39, 0.29) is 42.8 Å². The third-order valence-electron chi connectivity index (χ3n) is 6.93. The van der Waals surface area contributed by atoms with Gasteiger partial charge in [0.25, 0.3) is 17.5 Å². The first kappa shape index (κ1) is 36.2. The number of aromatic nitrogens is 1. The van der Waals surface area contributed by atoms with Crippen molar-refractivity contribution in [3.8, 4) is 0 Å². The van der Waals surface area contributed by atoms with Gasteiger partial charge in [0.2, 0.25) is 0 Å². The summed E-state index contributed by atoms with van der Waals surface area (Å²) in [6.07, 6.45) is -0.142. The maximum absolute atomic E-state index is 13.6. The van der Waals surface area contributed by atoms with E-state index in [9.17, 15) is 33.0 Å². The number of nitrogens with zero attached hydrogens (tertiary/aromatic N) is 3. The van der Waals surface area contributed by atoms with Gasteiger partial charge in [0, 0.05) is 21.9 Å². The summed E-state index contributed by atoms with van der Waals surface area (Å²) < 4.78 is 33.8. The van der Waals surface area contributed by atoms with Gasteiger partial charge in [-0.25, -0.2) is 19.4 Å². The summed E-state index contributed by atoms with van der Waals surface area (Å²) in [4.78, 5) is 86.8. The number of oxime groups is 1. The number of thiazole rings is 1. The predicted octanol–water partition coefficient (Wildman–Crippen LogP) is 0.751. The van der Waals surface area contributed by atoms with Crippen LogP contribution < -0.4 is 16.0 Å². The molecule has 4 rings (SSSR count). The van der Waals surface area contributed by atoms with Crippen LogP contribution in [0.4, 0.5) is 14.7 Å². The average Bonchev–Trinajstić information content (AvgIpc) is 3.58. The monoisotopic (exact) mass is 712 g/mol. The van der Waals surface area contributed by atoms with Crippen LogP contribution in [0.25, 0.3) is 0 Å². The summed E-state index contributed by atoms with van der Waals surface area (Å²) in [6, 6.07) is -1.41. The zero-order chi connectivity index (χ0) is 35.4. The molecule has 0 bridgehead atoms. The summed E-state index contributed by atoms with van der Waals surface area (Å²) in [6.45, 7) is 8.23. The van der Waals surface area contributed by atoms with E-state index in [4.69, 9.17) is 19.0 Å². The number of allylic oxidation sites excluding steroid dienone is 1. The molecule has 0 aromatic carbocycles. The Balaban J connectivity index is 1.55. The van der Waals surface area contributed by atoms with Gasteiger partial charge < -0.3 is 34.4 Å². The van der Waals surface area contributed by atoms with Crippen LogP contribution in [0.5, 0.6) is 0 Å². The van der Waals surface area contributed by atoms with Gasteiger partial charge in [-0.15, -0.1) is 11.3 Å². The summed E-state index contributed by atoms with van der Waals surface area (Å²) in [5, 5.41) is 11.3. The molecule has 3 N–H and O–H groups in total. The number of anilines is 1. The summed E-state index contributed by atoms with van der Waals surface area (Å²) in [7, 11) is -0.642. The van der Waals surface area contributed by atoms with E-state index in [1.165, 1.54) is 12.5 Å². The van der Waals surface area contributed by atoms with Crippen LogP contribution in [-0.4, -0.2) is 111 Å². The fourth-order valence-corrected chi connectivity index (χ4v) is 7.49. The lowest BCUT2D eigenvalue weighted by molar-refractivity contribution is -0.219. The van der Waals surface area contributed by atoms with E-state index < -0.39 is 81.1 Å². The van der Waals surface area contributed by atoms with Crippen LogP contribution in [0.3, 0.4) is 0 Å². The van der Waals surface area contributed by atoms with Gasteiger partial charge in [0.15, 0.2) is 10.8 Å². The SMILES string of the molecule is COC(=O)NCCO/N=C(\C(=O)N[C@@H]1C(=O)N2[C@@H]1[S@@](=O)C[C@@H]1CC(=O)O[C@@]12C(=O)OCC=C(C)C)c1csc(NC(=O)OC(C)(C)C)n1. The number of carbonyl (C=O) groups excluding carboxylic acids is 6. The fourth-order valence-electron chi connectivity index (χ4n) is 4.89. The molecule has 1 aromatic heterocycles. The van der Waals surface area contributed by atoms with Crippen LogP contribution in [0.1, 0.15) is 46.7 Å². The first-order valence-electron chi connectivity index (χ1n) is 14.6. The number of hydrogen-bond acceptors (Lipinski definition) is 15. The predicted molar refractivity (Wildman–Crippen MR) is 168 cm³/mol. The summed E-state index contributed by atoms with van der Waals surface area (Å²) >= 11 is 0.939. The molecule has 4 amide bonds. The van der Waals surface area contributed by atoms with Crippen molar-refractivity contribution in [3.63, 3.8) is 0 Å². The lowest BCUT2D eigenvalue weighted by atomic mass is 9.89. The number of hydrogen-bond donors (Lipinski definition) is 3. The number of esters is 2. The maximum atomic E-state index is 13.6. The topological polar surface area (TPSA) is 230 Å². The zero-order valence-electron chi connectivity index (χ0n) is 27.0. The highest BCUT2D eigenvalue weighted by molar-refractivity contribution is 7.85. The normalized spacial score (nSPS) is 24.5. The quantitative estimate of drug-likeness (QED) is 0.0548. The number of β-lactam (4-membered cyclic amide) rings is 1. The largest absolute Gasteiger partial charge is 0.457 e. The second-order valence-electron chi connectivity index (χ2n) is 11.9. The number of methoxy groups -OCH3 is 1. The van der Waals surface area contributed by atoms with Gasteiger partial charge in [0.05, 0.1) is 26.0 Å². The minimum Gasteiger partial charge on any atom is -0.457 e. The first-order valence-corrected chi connectivity index (χ1v) is 16.8. The standard InChI is InChI=1S/C28H36N6O12S2/c1-14(2)7-9-43-23(38)28-15(11-17(35)45-28)13-48(41)22-19(21(37)34(22)28)31-20(36)18(33-44-10-8-29-25(39)42-6)16-12-47-24(30-16)32-26(40)46-27(3,4)5/h7,12,15,19,22H,8-11,13H2,1-6H3,(H,29,39)(H,31,36)(H,30,32,40)/b33-18-/t15-,19+,22+,28+,48-/m0/s1. The first-order chi connectivity index (χ1) is 22.6. The Bertz CT molecular complexity index is 1570. The van der Waals surface area contributed by atoms with Crippen LogP contribution in [0.15, 0.2) is 22.2 Å². The Hall–Kier alpha value is -4.59. The van der Waals surface area contributed by atoms with Gasteiger partial charge in [-0.05, 0) is 40.7 Å². The van der Waals surface area contributed by atoms with Crippen molar-refractivity contribution in [2.75, 3.05) is 37.9 Å². The van der Waals surface area contributed by atoms with Crippen LogP contribution in [0, 0.1) is 5.92 Å². The Kier molecular flexibility index (Phi) is 11.1. The fraction of sp³-hybridized carbons (Fsp3) is 0.571. The molecule has 3 aliphatic heterocycles. The molecule has 3 saturated heterocycles. The maximum Gasteiger partial charge on any atom is 0.413 e. The van der Waals surface area contributed by atoms with Gasteiger partial charge in [0.1, 0.15) is 35.9 Å². The zero-order valence-corrected chi connectivity index (χ0v) is 28.6. The highest BCUT2D eigenvalue weighted by atomic mass is 32.2. The Labute approximate surface area is 281 Å². The van der Waals surface area contributed by atoms with Crippen molar-refractivity contribution in [1.82, 2.24) is 20.5 Å². The molecular weight excluding hydrogens is 676 g/mol. The molecule has 48 heavy (non-hydrogen) atoms. The smallest absolute Gasteiger partial charge is 0.413 e. The molecule has 0 saturated carbocycles. The van der Waals surface area contributed by atoms with Gasteiger partial charge in [-0.3, -0.25) is 28.8 Å². The van der Waals surface area contributed by atoms with Gasteiger partial charge >= 0.3 is 24.1 Å². The number of ether oxygens (including phenoxy) is 4. The molecule has 0 spiro atoms. The van der Waals surface area contributed by atoms with Crippen molar-refractivity contribution in [3.05, 3.63) is 22.7 Å². The average molecular weight is 713 g/mol. The molecule has 20 heteroatoms. The molecule has 0 aliphatic carbocycles. The number of fused-ring (bicyclic) bond motifs is 3. The number of nitrogens with one attached hydrogen (secondary N) is 3. The highest BCUT2D eigenvalue weighted by Gasteiger charge is 2.73. The molecule has 3 aliphatic rings. The second kappa shape index (κ2) is 14.7. The van der Waals surface area contributed by atoms with Gasteiger partial charge in [-0.2, -0.15) is 0 Å². The van der Waals surface area contributed by atoms with Crippen LogP contribution >= 0.6 is 11.3 Å². The van der Waals surface area contributed by atoms with E-state index in [2.05, 4.69) is 30.8 Å². The number of amides is 4. The molecule has 262 valence electrons. The molecule has 3 fully saturated rings. The minimum atomic E-state index is -2.13. The molecular formula is C28H36N6O12S2. The minimum absolute atomic E-state index is 0.0452. The molecule has 4 heterocycles. The lowest BCUT2D eigenvalue weighted by Crippen LogP contribution is -2.83. The van der Waals surface area contributed by atoms with Crippen molar-refractivity contribution < 1.29 is 56.8 Å². The van der Waals surface area contributed by atoms with Crippen molar-refractivity contribution in [2.45, 2.75) is 63.8 Å². The third kappa shape index (κ3) is 7.92. The Morgan fingerprint density at radius 1 is 1.23 bits per heavy atom. The van der Waals surface area contributed by atoms with E-state index in [0.717, 1.165) is 21.8 Å². The summed E-state index contributed by atoms with van der Waals surface area (Å²) in [5.41, 5.74) is -2.56.